The van der Waals surface area contributed by atoms with Crippen LogP contribution in [0, 0.1) is 5.92 Å². The summed E-state index contributed by atoms with van der Waals surface area (Å²) in [6.07, 6.45) is 4.02. The van der Waals surface area contributed by atoms with Gasteiger partial charge in [0.2, 0.25) is 0 Å². The molecule has 9 rings (SSSR count). The highest BCUT2D eigenvalue weighted by Gasteiger charge is 2.32. The second-order valence-corrected chi connectivity index (χ2v) is 18.6. The van der Waals surface area contributed by atoms with Gasteiger partial charge in [0.1, 0.15) is 11.5 Å². The Morgan fingerprint density at radius 1 is 0.424 bits per heavy atom. The molecule has 59 heavy (non-hydrogen) atoms. The summed E-state index contributed by atoms with van der Waals surface area (Å²) < 4.78 is 11.7. The minimum atomic E-state index is -0.430. The van der Waals surface area contributed by atoms with E-state index in [9.17, 15) is 9.59 Å². The van der Waals surface area contributed by atoms with Crippen LogP contribution >= 0.6 is 0 Å². The van der Waals surface area contributed by atoms with Crippen molar-refractivity contribution in [1.29, 1.82) is 0 Å². The lowest BCUT2D eigenvalue weighted by Gasteiger charge is -2.12. The van der Waals surface area contributed by atoms with Crippen molar-refractivity contribution < 1.29 is 19.1 Å². The van der Waals surface area contributed by atoms with Crippen LogP contribution in [0.1, 0.15) is 36.0 Å². The molecule has 2 atom stereocenters. The second kappa shape index (κ2) is 17.7. The summed E-state index contributed by atoms with van der Waals surface area (Å²) in [5, 5.41) is 1.87. The maximum Gasteiger partial charge on any atom is 0.344 e. The Morgan fingerprint density at radius 2 is 0.864 bits per heavy atom. The lowest BCUT2D eigenvalue weighted by atomic mass is 10.0. The maximum absolute atomic E-state index is 13.3. The smallest absolute Gasteiger partial charge is 0.344 e. The Balaban J connectivity index is 1.00. The molecule has 1 aliphatic rings. The standard InChI is InChI=1S/C53H42O4S2/c54-52(39-15-7-8-16-39)56-42-28-32-46(33-29-42)58(44-20-3-1-4-21-44)48-24-11-18-40(36-48)41-19-12-25-49(37-41)59(45-22-5-2-6-23-45)47-34-30-43(31-35-47)57-53(55)51-27-13-17-38-14-9-10-26-50(38)51/h1-6,9-14,17-37,39H,7-8,15-16H2/q+2. The number of carbonyl (C=O) groups is 2. The summed E-state index contributed by atoms with van der Waals surface area (Å²) in [5.74, 6) is 0.620. The fraction of sp³-hybridized carbons (Fsp3) is 0.0943. The van der Waals surface area contributed by atoms with E-state index >= 15 is 0 Å². The van der Waals surface area contributed by atoms with E-state index in [-0.39, 0.29) is 17.9 Å². The summed E-state index contributed by atoms with van der Waals surface area (Å²) in [4.78, 5) is 33.2. The summed E-state index contributed by atoms with van der Waals surface area (Å²) in [6, 6.07) is 68.4. The van der Waals surface area contributed by atoms with Crippen molar-refractivity contribution in [2.24, 2.45) is 5.92 Å². The first-order chi connectivity index (χ1) is 29.1. The summed E-state index contributed by atoms with van der Waals surface area (Å²) in [7, 11) is -0.826. The van der Waals surface area contributed by atoms with E-state index in [4.69, 9.17) is 9.47 Å². The molecule has 8 aromatic rings. The summed E-state index contributed by atoms with van der Waals surface area (Å²) >= 11 is 0. The van der Waals surface area contributed by atoms with Crippen LogP contribution in [0.4, 0.5) is 0 Å². The van der Waals surface area contributed by atoms with Crippen LogP contribution in [0.25, 0.3) is 21.9 Å². The third-order valence-electron chi connectivity index (χ3n) is 10.7. The normalized spacial score (nSPS) is 13.8. The SMILES string of the molecule is O=C(Oc1ccc([S+](c2ccccc2)c2cccc(-c3cccc([S+](c4ccccc4)c4ccc(OC(=O)C5CCCC5)cc4)c3)c2)cc1)c1cccc2ccccc12. The molecule has 2 unspecified atom stereocenters. The zero-order valence-corrected chi connectivity index (χ0v) is 34.0. The van der Waals surface area contributed by atoms with Crippen LogP contribution in [0.15, 0.2) is 230 Å². The number of rotatable bonds is 11. The molecule has 0 bridgehead atoms. The highest BCUT2D eigenvalue weighted by atomic mass is 32.2. The Hall–Kier alpha value is -6.34. The minimum absolute atomic E-state index is 0.0114. The zero-order chi connectivity index (χ0) is 40.0. The second-order valence-electron chi connectivity index (χ2n) is 14.6. The number of hydrogen-bond donors (Lipinski definition) is 0. The van der Waals surface area contributed by atoms with Gasteiger partial charge in [-0.05, 0) is 126 Å². The molecule has 288 valence electrons. The van der Waals surface area contributed by atoms with Gasteiger partial charge in [0.15, 0.2) is 29.4 Å². The molecule has 1 saturated carbocycles. The largest absolute Gasteiger partial charge is 0.426 e. The number of hydrogen-bond acceptors (Lipinski definition) is 4. The van der Waals surface area contributed by atoms with Crippen LogP contribution in [0.5, 0.6) is 11.5 Å². The molecule has 0 N–H and O–H groups in total. The van der Waals surface area contributed by atoms with Crippen LogP contribution < -0.4 is 9.47 Å². The van der Waals surface area contributed by atoms with Gasteiger partial charge in [-0.1, -0.05) is 110 Å². The molecule has 8 aromatic carbocycles. The molecule has 0 radical (unpaired) electrons. The Morgan fingerprint density at radius 3 is 1.42 bits per heavy atom. The maximum atomic E-state index is 13.3. The first-order valence-electron chi connectivity index (χ1n) is 20.0. The number of ether oxygens (including phenoxy) is 2. The average Bonchev–Trinajstić information content (AvgIpc) is 3.85. The topological polar surface area (TPSA) is 52.6 Å². The molecule has 0 heterocycles. The van der Waals surface area contributed by atoms with Crippen molar-refractivity contribution >= 4 is 44.5 Å². The number of carbonyl (C=O) groups excluding carboxylic acids is 2. The first kappa shape index (κ1) is 38.2. The fourth-order valence-electron chi connectivity index (χ4n) is 7.75. The van der Waals surface area contributed by atoms with Gasteiger partial charge in [-0.2, -0.15) is 0 Å². The van der Waals surface area contributed by atoms with Crippen LogP contribution in [0.3, 0.4) is 0 Å². The molecule has 1 aliphatic carbocycles. The molecule has 0 aliphatic heterocycles. The molecule has 1 fully saturated rings. The van der Waals surface area contributed by atoms with Gasteiger partial charge in [0.05, 0.1) is 33.3 Å². The molecule has 0 aromatic heterocycles. The fourth-order valence-corrected chi connectivity index (χ4v) is 12.0. The minimum Gasteiger partial charge on any atom is -0.426 e. The Kier molecular flexibility index (Phi) is 11.4. The molecule has 4 nitrogen and oxygen atoms in total. The predicted octanol–water partition coefficient (Wildman–Crippen LogP) is 13.0. The monoisotopic (exact) mass is 806 g/mol. The van der Waals surface area contributed by atoms with Gasteiger partial charge in [0, 0.05) is 12.1 Å². The van der Waals surface area contributed by atoms with Gasteiger partial charge in [0.25, 0.3) is 0 Å². The zero-order valence-electron chi connectivity index (χ0n) is 32.4. The van der Waals surface area contributed by atoms with Gasteiger partial charge in [-0.3, -0.25) is 4.79 Å². The van der Waals surface area contributed by atoms with E-state index in [1.807, 2.05) is 72.8 Å². The summed E-state index contributed by atoms with van der Waals surface area (Å²) in [6.45, 7) is 0. The number of benzene rings is 8. The van der Waals surface area contributed by atoms with E-state index in [0.717, 1.165) is 57.4 Å². The first-order valence-corrected chi connectivity index (χ1v) is 22.4. The van der Waals surface area contributed by atoms with Crippen molar-refractivity contribution in [2.45, 2.75) is 55.1 Å². The molecule has 0 amide bonds. The van der Waals surface area contributed by atoms with Crippen LogP contribution in [-0.2, 0) is 26.6 Å². The van der Waals surface area contributed by atoms with Gasteiger partial charge in [-0.25, -0.2) is 4.79 Å². The van der Waals surface area contributed by atoms with E-state index in [2.05, 4.69) is 127 Å². The molecule has 0 spiro atoms. The van der Waals surface area contributed by atoms with Crippen molar-refractivity contribution in [3.8, 4) is 22.6 Å². The van der Waals surface area contributed by atoms with Crippen molar-refractivity contribution in [1.82, 2.24) is 0 Å². The lowest BCUT2D eigenvalue weighted by Crippen LogP contribution is -2.17. The highest BCUT2D eigenvalue weighted by Crippen LogP contribution is 2.38. The van der Waals surface area contributed by atoms with Gasteiger partial charge in [-0.15, -0.1) is 0 Å². The van der Waals surface area contributed by atoms with E-state index in [1.54, 1.807) is 0 Å². The van der Waals surface area contributed by atoms with Crippen molar-refractivity contribution in [3.63, 3.8) is 0 Å². The van der Waals surface area contributed by atoms with Gasteiger partial charge < -0.3 is 9.47 Å². The Labute approximate surface area is 351 Å². The molecule has 6 heteroatoms. The summed E-state index contributed by atoms with van der Waals surface area (Å²) in [5.41, 5.74) is 2.80. The van der Waals surface area contributed by atoms with Gasteiger partial charge >= 0.3 is 11.9 Å². The molecular formula is C53H42O4S2+2. The predicted molar refractivity (Wildman–Crippen MR) is 238 cm³/mol. The van der Waals surface area contributed by atoms with Crippen LogP contribution in [-0.4, -0.2) is 11.9 Å². The number of esters is 2. The quantitative estimate of drug-likeness (QED) is 0.0742. The third kappa shape index (κ3) is 8.61. The van der Waals surface area contributed by atoms with E-state index < -0.39 is 21.8 Å². The lowest BCUT2D eigenvalue weighted by molar-refractivity contribution is -0.138. The third-order valence-corrected chi connectivity index (χ3v) is 15.1. The Bertz CT molecular complexity index is 2700. The van der Waals surface area contributed by atoms with E-state index in [0.29, 0.717) is 17.1 Å². The van der Waals surface area contributed by atoms with Crippen molar-refractivity contribution in [3.05, 3.63) is 206 Å². The molecular weight excluding hydrogens is 765 g/mol. The van der Waals surface area contributed by atoms with Crippen molar-refractivity contribution in [2.75, 3.05) is 0 Å². The van der Waals surface area contributed by atoms with E-state index in [1.165, 1.54) is 19.6 Å². The van der Waals surface area contributed by atoms with Crippen LogP contribution in [0.2, 0.25) is 0 Å². The number of fused-ring (bicyclic) bond motifs is 1. The highest BCUT2D eigenvalue weighted by molar-refractivity contribution is 7.97. The average molecular weight is 807 g/mol. The molecule has 0 saturated heterocycles.